The maximum absolute atomic E-state index is 11.4. The van der Waals surface area contributed by atoms with Gasteiger partial charge in [0, 0.05) is 10.6 Å². The van der Waals surface area contributed by atoms with E-state index < -0.39 is 0 Å². The predicted octanol–water partition coefficient (Wildman–Crippen LogP) is 5.43. The van der Waals surface area contributed by atoms with Crippen LogP contribution >= 0.6 is 11.6 Å². The molecule has 0 atom stereocenters. The molecule has 0 spiro atoms. The van der Waals surface area contributed by atoms with Crippen molar-refractivity contribution in [3.63, 3.8) is 0 Å². The summed E-state index contributed by atoms with van der Waals surface area (Å²) in [6, 6.07) is 3.51. The van der Waals surface area contributed by atoms with Crippen LogP contribution in [0.3, 0.4) is 0 Å². The summed E-state index contributed by atoms with van der Waals surface area (Å²) in [6.45, 7) is 4.18. The highest BCUT2D eigenvalue weighted by Crippen LogP contribution is 2.25. The summed E-state index contributed by atoms with van der Waals surface area (Å²) in [7, 11) is 0. The van der Waals surface area contributed by atoms with Crippen molar-refractivity contribution in [2.75, 3.05) is 0 Å². The van der Waals surface area contributed by atoms with Gasteiger partial charge in [-0.05, 0) is 43.0 Å². The summed E-state index contributed by atoms with van der Waals surface area (Å²) in [4.78, 5) is 11.4. The van der Waals surface area contributed by atoms with Gasteiger partial charge in [0.05, 0.1) is 0 Å². The molecule has 1 rings (SSSR count). The number of unbranched alkanes of at least 4 members (excludes halogenated alkanes) is 7. The number of nitrogens with two attached hydrogens (primary N) is 1. The Morgan fingerprint density at radius 2 is 1.62 bits per heavy atom. The van der Waals surface area contributed by atoms with E-state index in [0.717, 1.165) is 29.0 Å². The van der Waals surface area contributed by atoms with Gasteiger partial charge >= 0.3 is 0 Å². The molecule has 0 saturated carbocycles. The van der Waals surface area contributed by atoms with Crippen LogP contribution in [-0.2, 0) is 6.42 Å². The van der Waals surface area contributed by atoms with E-state index in [-0.39, 0.29) is 5.91 Å². The molecule has 21 heavy (non-hydrogen) atoms. The highest BCUT2D eigenvalue weighted by molar-refractivity contribution is 6.31. The third-order valence-electron chi connectivity index (χ3n) is 4.09. The lowest BCUT2D eigenvalue weighted by Crippen LogP contribution is -2.13. The van der Waals surface area contributed by atoms with Crippen molar-refractivity contribution in [1.82, 2.24) is 0 Å². The van der Waals surface area contributed by atoms with E-state index in [1.807, 2.05) is 6.92 Å². The van der Waals surface area contributed by atoms with Gasteiger partial charge in [-0.1, -0.05) is 63.5 Å². The first kappa shape index (κ1) is 18.0. The van der Waals surface area contributed by atoms with Gasteiger partial charge in [0.1, 0.15) is 0 Å². The summed E-state index contributed by atoms with van der Waals surface area (Å²) in [5.74, 6) is -0.374. The number of benzene rings is 1. The van der Waals surface area contributed by atoms with Gasteiger partial charge in [-0.3, -0.25) is 4.79 Å². The first-order chi connectivity index (χ1) is 10.1. The van der Waals surface area contributed by atoms with Gasteiger partial charge in [0.2, 0.25) is 5.91 Å². The average molecular weight is 310 g/mol. The number of hydrogen-bond acceptors (Lipinski definition) is 1. The van der Waals surface area contributed by atoms with Gasteiger partial charge in [-0.25, -0.2) is 0 Å². The number of hydrogen-bond donors (Lipinski definition) is 1. The Labute approximate surface area is 134 Å². The van der Waals surface area contributed by atoms with E-state index >= 15 is 0 Å². The molecule has 1 aromatic rings. The van der Waals surface area contributed by atoms with E-state index in [9.17, 15) is 4.79 Å². The molecule has 1 aromatic carbocycles. The van der Waals surface area contributed by atoms with Crippen molar-refractivity contribution >= 4 is 17.5 Å². The zero-order valence-electron chi connectivity index (χ0n) is 13.4. The SMILES string of the molecule is CCCCCCCCCCc1c(Cl)ccc(C(N)=O)c1C. The van der Waals surface area contributed by atoms with Gasteiger partial charge in [0.15, 0.2) is 0 Å². The van der Waals surface area contributed by atoms with Crippen LogP contribution in [0.2, 0.25) is 5.02 Å². The van der Waals surface area contributed by atoms with E-state index in [2.05, 4.69) is 6.92 Å². The van der Waals surface area contributed by atoms with Crippen LogP contribution in [0.15, 0.2) is 12.1 Å². The molecule has 0 heterocycles. The number of primary amides is 1. The monoisotopic (exact) mass is 309 g/mol. The Kier molecular flexibility index (Phi) is 8.44. The third-order valence-corrected chi connectivity index (χ3v) is 4.44. The average Bonchev–Trinajstić information content (AvgIpc) is 2.44. The van der Waals surface area contributed by atoms with E-state index in [1.165, 1.54) is 44.9 Å². The molecule has 0 fully saturated rings. The Morgan fingerprint density at radius 3 is 2.19 bits per heavy atom. The minimum Gasteiger partial charge on any atom is -0.366 e. The molecule has 2 N–H and O–H groups in total. The molecule has 0 saturated heterocycles. The molecule has 0 aliphatic heterocycles. The van der Waals surface area contributed by atoms with E-state index in [1.54, 1.807) is 12.1 Å². The maximum Gasteiger partial charge on any atom is 0.248 e. The minimum atomic E-state index is -0.374. The van der Waals surface area contributed by atoms with Crippen molar-refractivity contribution in [2.24, 2.45) is 5.73 Å². The fourth-order valence-corrected chi connectivity index (χ4v) is 3.03. The highest BCUT2D eigenvalue weighted by atomic mass is 35.5. The van der Waals surface area contributed by atoms with Crippen LogP contribution in [0.4, 0.5) is 0 Å². The molecule has 0 radical (unpaired) electrons. The second-order valence-electron chi connectivity index (χ2n) is 5.79. The number of rotatable bonds is 10. The van der Waals surface area contributed by atoms with Crippen LogP contribution in [0.25, 0.3) is 0 Å². The first-order valence-electron chi connectivity index (χ1n) is 8.15. The Hall–Kier alpha value is -1.02. The van der Waals surface area contributed by atoms with Gasteiger partial charge in [-0.15, -0.1) is 0 Å². The summed E-state index contributed by atoms with van der Waals surface area (Å²) in [5, 5.41) is 0.750. The zero-order valence-corrected chi connectivity index (χ0v) is 14.1. The van der Waals surface area contributed by atoms with Gasteiger partial charge < -0.3 is 5.73 Å². The lowest BCUT2D eigenvalue weighted by Gasteiger charge is -2.11. The van der Waals surface area contributed by atoms with Crippen LogP contribution < -0.4 is 5.73 Å². The molecule has 3 heteroatoms. The molecular formula is C18H28ClNO. The number of carbonyl (C=O) groups is 1. The summed E-state index contributed by atoms with van der Waals surface area (Å²) in [5.41, 5.74) is 8.00. The summed E-state index contributed by atoms with van der Waals surface area (Å²) < 4.78 is 0. The first-order valence-corrected chi connectivity index (χ1v) is 8.53. The summed E-state index contributed by atoms with van der Waals surface area (Å²) in [6.07, 6.45) is 11.3. The smallest absolute Gasteiger partial charge is 0.248 e. The molecule has 2 nitrogen and oxygen atoms in total. The van der Waals surface area contributed by atoms with E-state index in [4.69, 9.17) is 17.3 Å². The quantitative estimate of drug-likeness (QED) is 0.575. The molecular weight excluding hydrogens is 282 g/mol. The maximum atomic E-state index is 11.4. The Balaban J connectivity index is 2.38. The van der Waals surface area contributed by atoms with Crippen LogP contribution in [-0.4, -0.2) is 5.91 Å². The third kappa shape index (κ3) is 6.09. The molecule has 1 amide bonds. The Morgan fingerprint density at radius 1 is 1.05 bits per heavy atom. The van der Waals surface area contributed by atoms with Crippen LogP contribution in [0.5, 0.6) is 0 Å². The van der Waals surface area contributed by atoms with Gasteiger partial charge in [-0.2, -0.15) is 0 Å². The van der Waals surface area contributed by atoms with Crippen LogP contribution in [0.1, 0.15) is 79.8 Å². The van der Waals surface area contributed by atoms with Crippen molar-refractivity contribution in [1.29, 1.82) is 0 Å². The molecule has 118 valence electrons. The number of carbonyl (C=O) groups excluding carboxylic acids is 1. The number of halogens is 1. The zero-order chi connectivity index (χ0) is 15.7. The summed E-state index contributed by atoms with van der Waals surface area (Å²) >= 11 is 6.25. The lowest BCUT2D eigenvalue weighted by molar-refractivity contribution is 0.0999. The van der Waals surface area contributed by atoms with Crippen molar-refractivity contribution < 1.29 is 4.79 Å². The highest BCUT2D eigenvalue weighted by Gasteiger charge is 2.11. The van der Waals surface area contributed by atoms with Crippen molar-refractivity contribution in [3.8, 4) is 0 Å². The molecule has 0 aromatic heterocycles. The second-order valence-corrected chi connectivity index (χ2v) is 6.19. The minimum absolute atomic E-state index is 0.374. The number of amides is 1. The fraction of sp³-hybridized carbons (Fsp3) is 0.611. The standard InChI is InChI=1S/C18H28ClNO/c1-3-4-5-6-7-8-9-10-11-15-14(2)16(18(20)21)12-13-17(15)19/h12-13H,3-11H2,1-2H3,(H2,20,21). The van der Waals surface area contributed by atoms with Crippen LogP contribution in [0, 0.1) is 6.92 Å². The topological polar surface area (TPSA) is 43.1 Å². The predicted molar refractivity (Wildman–Crippen MR) is 91.0 cm³/mol. The van der Waals surface area contributed by atoms with Crippen molar-refractivity contribution in [3.05, 3.63) is 33.8 Å². The molecule has 0 aliphatic carbocycles. The largest absolute Gasteiger partial charge is 0.366 e. The van der Waals surface area contributed by atoms with Gasteiger partial charge in [0.25, 0.3) is 0 Å². The second kappa shape index (κ2) is 9.83. The molecule has 0 unspecified atom stereocenters. The fourth-order valence-electron chi connectivity index (χ4n) is 2.73. The molecule has 0 bridgehead atoms. The Bertz CT molecular complexity index is 457. The van der Waals surface area contributed by atoms with Crippen molar-refractivity contribution in [2.45, 2.75) is 71.6 Å². The normalized spacial score (nSPS) is 10.8. The molecule has 0 aliphatic rings. The lowest BCUT2D eigenvalue weighted by atomic mass is 9.97. The van der Waals surface area contributed by atoms with E-state index in [0.29, 0.717) is 5.56 Å².